The zero-order chi connectivity index (χ0) is 10.2. The van der Waals surface area contributed by atoms with Crippen molar-refractivity contribution in [3.05, 3.63) is 59.0 Å². The second-order valence-corrected chi connectivity index (χ2v) is 3.08. The SMILES string of the molecule is C=c1cccccccc/c1=C/CC. The highest BCUT2D eigenvalue weighted by Gasteiger charge is 1.74. The molecule has 0 aliphatic rings. The molecule has 0 heterocycles. The van der Waals surface area contributed by atoms with Gasteiger partial charge in [-0.25, -0.2) is 0 Å². The summed E-state index contributed by atoms with van der Waals surface area (Å²) in [5.41, 5.74) is 0. The molecule has 0 saturated heterocycles. The lowest BCUT2D eigenvalue weighted by Gasteiger charge is -1.82. The van der Waals surface area contributed by atoms with Crippen LogP contribution in [0, 0.1) is 0 Å². The van der Waals surface area contributed by atoms with Gasteiger partial charge in [0.15, 0.2) is 0 Å². The first-order valence-electron chi connectivity index (χ1n) is 4.92. The molecular formula is C14H16. The van der Waals surface area contributed by atoms with Gasteiger partial charge in [0, 0.05) is 0 Å². The molecule has 0 saturated carbocycles. The molecule has 1 aromatic rings. The minimum absolute atomic E-state index is 1.03. The lowest BCUT2D eigenvalue weighted by atomic mass is 10.2. The van der Waals surface area contributed by atoms with Gasteiger partial charge in [0.1, 0.15) is 0 Å². The van der Waals surface area contributed by atoms with Crippen molar-refractivity contribution in [1.29, 1.82) is 0 Å². The maximum atomic E-state index is 4.02. The van der Waals surface area contributed by atoms with Gasteiger partial charge in [0.2, 0.25) is 0 Å². The summed E-state index contributed by atoms with van der Waals surface area (Å²) in [6, 6.07) is 16.2. The molecule has 0 fully saturated rings. The number of hydrogen-bond donors (Lipinski definition) is 0. The summed E-state index contributed by atoms with van der Waals surface area (Å²) in [7, 11) is 0. The summed E-state index contributed by atoms with van der Waals surface area (Å²) in [5, 5.41) is 2.26. The van der Waals surface area contributed by atoms with E-state index in [1.54, 1.807) is 0 Å². The van der Waals surface area contributed by atoms with E-state index in [0.717, 1.165) is 11.6 Å². The molecule has 1 rings (SSSR count). The standard InChI is InChI=1S/C14H16/c1-3-10-14-12-9-7-5-4-6-8-11-13(14)2/h4-12H,2-3H2,1H3/b6-4?,7-5?,11-8?,12-9?,14-10-. The van der Waals surface area contributed by atoms with Crippen LogP contribution in [-0.4, -0.2) is 0 Å². The van der Waals surface area contributed by atoms with E-state index in [9.17, 15) is 0 Å². The minimum atomic E-state index is 1.03. The fourth-order valence-electron chi connectivity index (χ4n) is 1.21. The van der Waals surface area contributed by atoms with Crippen LogP contribution >= 0.6 is 0 Å². The molecule has 0 atom stereocenters. The van der Waals surface area contributed by atoms with E-state index >= 15 is 0 Å². The maximum Gasteiger partial charge on any atom is -0.0230 e. The van der Waals surface area contributed by atoms with Crippen molar-refractivity contribution in [1.82, 2.24) is 0 Å². The highest BCUT2D eigenvalue weighted by atomic mass is 13.8. The van der Waals surface area contributed by atoms with Crippen LogP contribution in [0.1, 0.15) is 13.3 Å². The van der Waals surface area contributed by atoms with Crippen LogP contribution in [0.15, 0.2) is 48.5 Å². The normalized spacial score (nSPS) is 10.8. The quantitative estimate of drug-likeness (QED) is 0.628. The maximum absolute atomic E-state index is 4.02. The van der Waals surface area contributed by atoms with Crippen LogP contribution in [-0.2, 0) is 0 Å². The monoisotopic (exact) mass is 184 g/mol. The summed E-state index contributed by atoms with van der Waals surface area (Å²) >= 11 is 0. The number of hydrogen-bond acceptors (Lipinski definition) is 0. The van der Waals surface area contributed by atoms with Gasteiger partial charge in [-0.05, 0) is 16.9 Å². The van der Waals surface area contributed by atoms with Crippen LogP contribution < -0.4 is 10.4 Å². The van der Waals surface area contributed by atoms with E-state index < -0.39 is 0 Å². The molecule has 0 radical (unpaired) electrons. The topological polar surface area (TPSA) is 0 Å². The van der Waals surface area contributed by atoms with Gasteiger partial charge in [-0.3, -0.25) is 0 Å². The van der Waals surface area contributed by atoms with Crippen LogP contribution in [0.3, 0.4) is 0 Å². The molecule has 0 heteroatoms. The Labute approximate surface area is 85.6 Å². The van der Waals surface area contributed by atoms with Crippen molar-refractivity contribution in [3.63, 3.8) is 0 Å². The van der Waals surface area contributed by atoms with Crippen LogP contribution in [0.4, 0.5) is 0 Å². The van der Waals surface area contributed by atoms with E-state index in [0.29, 0.717) is 0 Å². The van der Waals surface area contributed by atoms with Crippen LogP contribution in [0.2, 0.25) is 0 Å². The Bertz CT molecular complexity index is 428. The Kier molecular flexibility index (Phi) is 4.49. The molecule has 14 heavy (non-hydrogen) atoms. The van der Waals surface area contributed by atoms with Gasteiger partial charge in [0.05, 0.1) is 0 Å². The van der Waals surface area contributed by atoms with Crippen molar-refractivity contribution < 1.29 is 0 Å². The van der Waals surface area contributed by atoms with E-state index in [4.69, 9.17) is 0 Å². The average molecular weight is 184 g/mol. The third-order valence-electron chi connectivity index (χ3n) is 1.92. The minimum Gasteiger partial charge on any atom is -0.0912 e. The first-order chi connectivity index (χ1) is 6.84. The molecule has 0 spiro atoms. The Balaban J connectivity index is 3.46. The van der Waals surface area contributed by atoms with Crippen LogP contribution in [0.5, 0.6) is 0 Å². The third-order valence-corrected chi connectivity index (χ3v) is 1.92. The summed E-state index contributed by atoms with van der Waals surface area (Å²) < 4.78 is 0. The van der Waals surface area contributed by atoms with Gasteiger partial charge in [-0.2, -0.15) is 0 Å². The fourth-order valence-corrected chi connectivity index (χ4v) is 1.21. The molecule has 0 aliphatic carbocycles. The molecule has 0 unspecified atom stereocenters. The van der Waals surface area contributed by atoms with Crippen molar-refractivity contribution >= 4 is 12.7 Å². The number of rotatable bonds is 1. The van der Waals surface area contributed by atoms with E-state index in [1.807, 2.05) is 42.5 Å². The van der Waals surface area contributed by atoms with E-state index in [2.05, 4.69) is 25.6 Å². The predicted molar refractivity (Wildman–Crippen MR) is 63.6 cm³/mol. The lowest BCUT2D eigenvalue weighted by Crippen LogP contribution is -2.19. The summed E-state index contributed by atoms with van der Waals surface area (Å²) in [5.74, 6) is 0. The summed E-state index contributed by atoms with van der Waals surface area (Å²) in [4.78, 5) is 0. The molecule has 0 amide bonds. The second kappa shape index (κ2) is 5.98. The second-order valence-electron chi connectivity index (χ2n) is 3.08. The van der Waals surface area contributed by atoms with Gasteiger partial charge >= 0.3 is 0 Å². The first-order valence-corrected chi connectivity index (χ1v) is 4.92. The molecule has 1 aromatic carbocycles. The fraction of sp³-hybridized carbons (Fsp3) is 0.143. The predicted octanol–water partition coefficient (Wildman–Crippen LogP) is 2.41. The Morgan fingerprint density at radius 2 is 1.57 bits per heavy atom. The van der Waals surface area contributed by atoms with Crippen molar-refractivity contribution in [3.8, 4) is 0 Å². The zero-order valence-corrected chi connectivity index (χ0v) is 8.61. The zero-order valence-electron chi connectivity index (χ0n) is 8.61. The molecular weight excluding hydrogens is 168 g/mol. The third kappa shape index (κ3) is 3.44. The van der Waals surface area contributed by atoms with Crippen molar-refractivity contribution in [2.45, 2.75) is 13.3 Å². The Morgan fingerprint density at radius 3 is 2.21 bits per heavy atom. The van der Waals surface area contributed by atoms with Crippen molar-refractivity contribution in [2.24, 2.45) is 0 Å². The largest absolute Gasteiger partial charge is 0.0912 e. The highest BCUT2D eigenvalue weighted by molar-refractivity contribution is 5.24. The summed E-state index contributed by atoms with van der Waals surface area (Å²) in [6.07, 6.45) is 3.22. The molecule has 72 valence electrons. The van der Waals surface area contributed by atoms with E-state index in [-0.39, 0.29) is 0 Å². The first kappa shape index (κ1) is 10.5. The van der Waals surface area contributed by atoms with Crippen molar-refractivity contribution in [2.75, 3.05) is 0 Å². The van der Waals surface area contributed by atoms with Gasteiger partial charge in [-0.15, -0.1) is 0 Å². The average Bonchev–Trinajstić information content (AvgIpc) is 2.20. The molecule has 0 aliphatic heterocycles. The van der Waals surface area contributed by atoms with E-state index in [1.165, 1.54) is 5.22 Å². The molecule has 0 aromatic heterocycles. The van der Waals surface area contributed by atoms with Gasteiger partial charge < -0.3 is 0 Å². The highest BCUT2D eigenvalue weighted by Crippen LogP contribution is 1.77. The van der Waals surface area contributed by atoms with Gasteiger partial charge in [0.25, 0.3) is 0 Å². The van der Waals surface area contributed by atoms with Crippen LogP contribution in [0.25, 0.3) is 12.7 Å². The summed E-state index contributed by atoms with van der Waals surface area (Å²) in [6.45, 7) is 6.16. The smallest absolute Gasteiger partial charge is 0.0230 e. The Hall–Kier alpha value is -1.56. The molecule has 0 N–H and O–H groups in total. The van der Waals surface area contributed by atoms with Gasteiger partial charge in [-0.1, -0.05) is 68.1 Å². The lowest BCUT2D eigenvalue weighted by molar-refractivity contribution is 1.28. The molecule has 0 nitrogen and oxygen atoms in total. The Morgan fingerprint density at radius 1 is 1.00 bits per heavy atom. The molecule has 0 bridgehead atoms.